The van der Waals surface area contributed by atoms with Crippen LogP contribution in [0.5, 0.6) is 0 Å². The van der Waals surface area contributed by atoms with Crippen molar-refractivity contribution in [1.82, 2.24) is 4.90 Å². The Kier molecular flexibility index (Phi) is 10.8. The summed E-state index contributed by atoms with van der Waals surface area (Å²) in [5.74, 6) is 0. The van der Waals surface area contributed by atoms with Gasteiger partial charge in [0, 0.05) is 47.0 Å². The van der Waals surface area contributed by atoms with Crippen molar-refractivity contribution in [3.63, 3.8) is 0 Å². The third-order valence-corrected chi connectivity index (χ3v) is 2.95. The molecule has 5 heteroatoms. The fourth-order valence-electron chi connectivity index (χ4n) is 1.75. The first-order valence-electron chi connectivity index (χ1n) is 6.14. The van der Waals surface area contributed by atoms with Gasteiger partial charge in [-0.25, -0.2) is 0 Å². The molecule has 2 unspecified atom stereocenters. The first-order valence-corrected chi connectivity index (χ1v) is 6.14. The van der Waals surface area contributed by atoms with Crippen LogP contribution in [0.1, 0.15) is 13.3 Å². The number of rotatable bonds is 11. The molecule has 0 aliphatic rings. The molecule has 0 rings (SSSR count). The monoisotopic (exact) mass is 248 g/mol. The molecule has 0 heterocycles. The Balaban J connectivity index is 4.07. The zero-order chi connectivity index (χ0) is 13.1. The molecule has 17 heavy (non-hydrogen) atoms. The minimum atomic E-state index is 0.134. The van der Waals surface area contributed by atoms with Gasteiger partial charge < -0.3 is 19.9 Å². The Bertz CT molecular complexity index is 166. The minimum absolute atomic E-state index is 0.134. The third kappa shape index (κ3) is 7.68. The van der Waals surface area contributed by atoms with E-state index in [0.717, 1.165) is 32.7 Å². The van der Waals surface area contributed by atoms with Gasteiger partial charge in [-0.15, -0.1) is 0 Å². The normalized spacial score (nSPS) is 15.2. The smallest absolute Gasteiger partial charge is 0.0705 e. The van der Waals surface area contributed by atoms with Gasteiger partial charge in [0.25, 0.3) is 0 Å². The number of hydrogen-bond donors (Lipinski definition) is 1. The molecule has 5 nitrogen and oxygen atoms in total. The van der Waals surface area contributed by atoms with E-state index in [0.29, 0.717) is 12.6 Å². The summed E-state index contributed by atoms with van der Waals surface area (Å²) in [6.45, 7) is 6.03. The Morgan fingerprint density at radius 2 is 1.82 bits per heavy atom. The van der Waals surface area contributed by atoms with Crippen molar-refractivity contribution in [2.75, 3.05) is 54.2 Å². The molecule has 0 aromatic heterocycles. The molecular weight excluding hydrogens is 220 g/mol. The molecule has 0 aliphatic heterocycles. The fraction of sp³-hybridized carbons (Fsp3) is 1.00. The third-order valence-electron chi connectivity index (χ3n) is 2.95. The highest BCUT2D eigenvalue weighted by Crippen LogP contribution is 2.04. The summed E-state index contributed by atoms with van der Waals surface area (Å²) in [5, 5.41) is 0. The van der Waals surface area contributed by atoms with Crippen LogP contribution in [-0.2, 0) is 14.2 Å². The topological polar surface area (TPSA) is 57.0 Å². The predicted molar refractivity (Wildman–Crippen MR) is 69.3 cm³/mol. The van der Waals surface area contributed by atoms with Crippen molar-refractivity contribution in [3.8, 4) is 0 Å². The molecule has 2 atom stereocenters. The summed E-state index contributed by atoms with van der Waals surface area (Å²) in [7, 11) is 5.15. The summed E-state index contributed by atoms with van der Waals surface area (Å²) >= 11 is 0. The number of methoxy groups -OCH3 is 3. The molecular formula is C12H28N2O3. The van der Waals surface area contributed by atoms with E-state index in [2.05, 4.69) is 11.8 Å². The molecule has 0 spiro atoms. The van der Waals surface area contributed by atoms with Gasteiger partial charge in [-0.05, 0) is 13.3 Å². The quantitative estimate of drug-likeness (QED) is 0.571. The second kappa shape index (κ2) is 10.9. The van der Waals surface area contributed by atoms with Crippen LogP contribution in [0.2, 0.25) is 0 Å². The molecule has 0 aliphatic carbocycles. The zero-order valence-corrected chi connectivity index (χ0v) is 11.6. The van der Waals surface area contributed by atoms with Crippen molar-refractivity contribution < 1.29 is 14.2 Å². The molecule has 0 aromatic carbocycles. The largest absolute Gasteiger partial charge is 0.383 e. The van der Waals surface area contributed by atoms with Crippen molar-refractivity contribution in [2.45, 2.75) is 25.5 Å². The molecule has 0 radical (unpaired) electrons. The van der Waals surface area contributed by atoms with E-state index < -0.39 is 0 Å². The maximum atomic E-state index is 5.61. The summed E-state index contributed by atoms with van der Waals surface area (Å²) < 4.78 is 15.6. The first-order chi connectivity index (χ1) is 8.19. The first kappa shape index (κ1) is 16.8. The van der Waals surface area contributed by atoms with Crippen molar-refractivity contribution >= 4 is 0 Å². The molecule has 0 amide bonds. The summed E-state index contributed by atoms with van der Waals surface area (Å²) in [6, 6.07) is 0.380. The van der Waals surface area contributed by atoms with Gasteiger partial charge in [-0.3, -0.25) is 4.90 Å². The summed E-state index contributed by atoms with van der Waals surface area (Å²) in [4.78, 5) is 2.34. The lowest BCUT2D eigenvalue weighted by Gasteiger charge is -2.29. The molecule has 2 N–H and O–H groups in total. The van der Waals surface area contributed by atoms with Crippen LogP contribution < -0.4 is 5.73 Å². The maximum absolute atomic E-state index is 5.61. The van der Waals surface area contributed by atoms with Gasteiger partial charge in [0.1, 0.15) is 0 Å². The second-order valence-corrected chi connectivity index (χ2v) is 4.22. The Labute approximate surface area is 105 Å². The van der Waals surface area contributed by atoms with E-state index >= 15 is 0 Å². The number of nitrogens with two attached hydrogens (primary N) is 1. The van der Waals surface area contributed by atoms with Gasteiger partial charge >= 0.3 is 0 Å². The van der Waals surface area contributed by atoms with Crippen LogP contribution >= 0.6 is 0 Å². The molecule has 0 bridgehead atoms. The molecule has 0 aromatic rings. The minimum Gasteiger partial charge on any atom is -0.383 e. The van der Waals surface area contributed by atoms with E-state index in [1.165, 1.54) is 0 Å². The maximum Gasteiger partial charge on any atom is 0.0705 e. The molecule has 0 fully saturated rings. The van der Waals surface area contributed by atoms with E-state index in [9.17, 15) is 0 Å². The highest BCUT2D eigenvalue weighted by Gasteiger charge is 2.15. The predicted octanol–water partition coefficient (Wildman–Crippen LogP) is 0.334. The van der Waals surface area contributed by atoms with E-state index in [1.54, 1.807) is 21.3 Å². The second-order valence-electron chi connectivity index (χ2n) is 4.22. The van der Waals surface area contributed by atoms with Gasteiger partial charge in [0.2, 0.25) is 0 Å². The highest BCUT2D eigenvalue weighted by molar-refractivity contribution is 4.69. The standard InChI is InChI=1S/C12H28N2O3/c1-11(10-16-3)14(7-8-15-2)6-5-12(9-13)17-4/h11-12H,5-10,13H2,1-4H3. The van der Waals surface area contributed by atoms with Crippen molar-refractivity contribution in [2.24, 2.45) is 5.73 Å². The Morgan fingerprint density at radius 3 is 2.29 bits per heavy atom. The lowest BCUT2D eigenvalue weighted by molar-refractivity contribution is 0.0508. The number of ether oxygens (including phenoxy) is 3. The number of nitrogens with zero attached hydrogens (tertiary/aromatic N) is 1. The average molecular weight is 248 g/mol. The van der Waals surface area contributed by atoms with E-state index in [-0.39, 0.29) is 6.10 Å². The lowest BCUT2D eigenvalue weighted by Crippen LogP contribution is -2.41. The van der Waals surface area contributed by atoms with Crippen molar-refractivity contribution in [3.05, 3.63) is 0 Å². The van der Waals surface area contributed by atoms with Crippen LogP contribution in [0.4, 0.5) is 0 Å². The van der Waals surface area contributed by atoms with Crippen LogP contribution in [-0.4, -0.2) is 71.2 Å². The zero-order valence-electron chi connectivity index (χ0n) is 11.6. The number of hydrogen-bond acceptors (Lipinski definition) is 5. The van der Waals surface area contributed by atoms with Gasteiger partial charge in [-0.2, -0.15) is 0 Å². The van der Waals surface area contributed by atoms with Gasteiger partial charge in [0.15, 0.2) is 0 Å². The average Bonchev–Trinajstić information content (AvgIpc) is 2.34. The van der Waals surface area contributed by atoms with Crippen LogP contribution in [0.3, 0.4) is 0 Å². The van der Waals surface area contributed by atoms with Crippen LogP contribution in [0.25, 0.3) is 0 Å². The van der Waals surface area contributed by atoms with Crippen LogP contribution in [0, 0.1) is 0 Å². The van der Waals surface area contributed by atoms with Gasteiger partial charge in [0.05, 0.1) is 19.3 Å². The Morgan fingerprint density at radius 1 is 1.12 bits per heavy atom. The fourth-order valence-corrected chi connectivity index (χ4v) is 1.75. The van der Waals surface area contributed by atoms with E-state index in [4.69, 9.17) is 19.9 Å². The van der Waals surface area contributed by atoms with Crippen molar-refractivity contribution in [1.29, 1.82) is 0 Å². The molecule has 104 valence electrons. The molecule has 0 saturated heterocycles. The lowest BCUT2D eigenvalue weighted by atomic mass is 10.2. The van der Waals surface area contributed by atoms with Crippen LogP contribution in [0.15, 0.2) is 0 Å². The SMILES string of the molecule is COCCN(CCC(CN)OC)C(C)COC. The summed E-state index contributed by atoms with van der Waals surface area (Å²) in [6.07, 6.45) is 1.07. The highest BCUT2D eigenvalue weighted by atomic mass is 16.5. The molecule has 0 saturated carbocycles. The van der Waals surface area contributed by atoms with E-state index in [1.807, 2.05) is 0 Å². The Hall–Kier alpha value is -0.200. The van der Waals surface area contributed by atoms with Gasteiger partial charge in [-0.1, -0.05) is 0 Å². The summed E-state index contributed by atoms with van der Waals surface area (Å²) in [5.41, 5.74) is 5.61.